The van der Waals surface area contributed by atoms with Gasteiger partial charge in [0.1, 0.15) is 0 Å². The summed E-state index contributed by atoms with van der Waals surface area (Å²) in [4.78, 5) is 14.4. The van der Waals surface area contributed by atoms with Gasteiger partial charge in [-0.25, -0.2) is 4.68 Å². The second-order valence-electron chi connectivity index (χ2n) is 5.18. The third-order valence-electron chi connectivity index (χ3n) is 3.64. The number of hydrogen-bond donors (Lipinski definition) is 1. The number of aromatic nitrogens is 2. The van der Waals surface area contributed by atoms with E-state index in [0.717, 1.165) is 29.8 Å². The predicted octanol–water partition coefficient (Wildman–Crippen LogP) is 2.07. The molecule has 1 aliphatic rings. The molecule has 1 N–H and O–H groups in total. The summed E-state index contributed by atoms with van der Waals surface area (Å²) >= 11 is 3.44. The molecule has 1 saturated heterocycles. The molecule has 1 amide bonds. The van der Waals surface area contributed by atoms with Crippen molar-refractivity contribution in [2.24, 2.45) is 0 Å². The fourth-order valence-corrected chi connectivity index (χ4v) is 2.88. The first-order chi connectivity index (χ1) is 10.1. The first-order valence-corrected chi connectivity index (χ1v) is 7.78. The van der Waals surface area contributed by atoms with E-state index in [-0.39, 0.29) is 11.9 Å². The maximum atomic E-state index is 12.5. The molecule has 3 rings (SSSR count). The van der Waals surface area contributed by atoms with Crippen LogP contribution < -0.4 is 5.32 Å². The first-order valence-electron chi connectivity index (χ1n) is 6.98. The summed E-state index contributed by atoms with van der Waals surface area (Å²) in [5, 5.41) is 7.70. The molecule has 1 atom stereocenters. The van der Waals surface area contributed by atoms with Gasteiger partial charge >= 0.3 is 0 Å². The number of piperazine rings is 1. The topological polar surface area (TPSA) is 50.2 Å². The number of benzene rings is 1. The minimum Gasteiger partial charge on any atom is -0.332 e. The summed E-state index contributed by atoms with van der Waals surface area (Å²) in [5.74, 6) is -0.00209. The van der Waals surface area contributed by atoms with Crippen molar-refractivity contribution in [1.82, 2.24) is 20.0 Å². The standard InChI is InChI=1S/C15H17BrN4O/c1-11-10-17-6-8-19(11)15(21)14-5-7-20(18-14)13-4-2-3-12(16)9-13/h2-5,7,9,11,17H,6,8,10H2,1H3/t11-/m1/s1. The molecule has 1 fully saturated rings. The Morgan fingerprint density at radius 3 is 3.05 bits per heavy atom. The molecule has 110 valence electrons. The Morgan fingerprint density at radius 2 is 2.29 bits per heavy atom. The summed E-state index contributed by atoms with van der Waals surface area (Å²) < 4.78 is 2.71. The quantitative estimate of drug-likeness (QED) is 0.903. The Hall–Kier alpha value is -1.66. The number of carbonyl (C=O) groups is 1. The van der Waals surface area contributed by atoms with E-state index in [1.165, 1.54) is 0 Å². The fourth-order valence-electron chi connectivity index (χ4n) is 2.49. The van der Waals surface area contributed by atoms with E-state index in [2.05, 4.69) is 33.3 Å². The number of carbonyl (C=O) groups excluding carboxylic acids is 1. The van der Waals surface area contributed by atoms with E-state index in [4.69, 9.17) is 0 Å². The van der Waals surface area contributed by atoms with Crippen LogP contribution in [0.25, 0.3) is 5.69 Å². The van der Waals surface area contributed by atoms with E-state index in [1.807, 2.05) is 35.4 Å². The van der Waals surface area contributed by atoms with Crippen molar-refractivity contribution in [3.63, 3.8) is 0 Å². The van der Waals surface area contributed by atoms with E-state index < -0.39 is 0 Å². The van der Waals surface area contributed by atoms with Crippen LogP contribution in [0.4, 0.5) is 0 Å². The van der Waals surface area contributed by atoms with Gasteiger partial charge in [-0.05, 0) is 31.2 Å². The second kappa shape index (κ2) is 5.99. The SMILES string of the molecule is C[C@@H]1CNCCN1C(=O)c1ccn(-c2cccc(Br)c2)n1. The number of rotatable bonds is 2. The number of halogens is 1. The summed E-state index contributed by atoms with van der Waals surface area (Å²) in [6.07, 6.45) is 1.82. The minimum absolute atomic E-state index is 0.00209. The van der Waals surface area contributed by atoms with E-state index in [1.54, 1.807) is 10.7 Å². The lowest BCUT2D eigenvalue weighted by atomic mass is 10.2. The Balaban J connectivity index is 1.83. The van der Waals surface area contributed by atoms with Crippen LogP contribution in [0.1, 0.15) is 17.4 Å². The van der Waals surface area contributed by atoms with Gasteiger partial charge in [-0.1, -0.05) is 22.0 Å². The molecule has 2 aromatic rings. The van der Waals surface area contributed by atoms with Gasteiger partial charge in [0.25, 0.3) is 5.91 Å². The summed E-state index contributed by atoms with van der Waals surface area (Å²) in [7, 11) is 0. The van der Waals surface area contributed by atoms with Gasteiger partial charge in [0.2, 0.25) is 0 Å². The van der Waals surface area contributed by atoms with Gasteiger partial charge < -0.3 is 10.2 Å². The third kappa shape index (κ3) is 3.01. The van der Waals surface area contributed by atoms with Crippen molar-refractivity contribution in [2.45, 2.75) is 13.0 Å². The molecule has 1 aliphatic heterocycles. The van der Waals surface area contributed by atoms with Crippen molar-refractivity contribution in [2.75, 3.05) is 19.6 Å². The lowest BCUT2D eigenvalue weighted by Crippen LogP contribution is -2.52. The van der Waals surface area contributed by atoms with Crippen LogP contribution in [0.15, 0.2) is 41.0 Å². The average Bonchev–Trinajstić information content (AvgIpc) is 2.97. The number of amides is 1. The highest BCUT2D eigenvalue weighted by Gasteiger charge is 2.25. The van der Waals surface area contributed by atoms with Gasteiger partial charge in [0.05, 0.1) is 5.69 Å². The summed E-state index contributed by atoms with van der Waals surface area (Å²) in [6, 6.07) is 9.80. The largest absolute Gasteiger partial charge is 0.332 e. The molecule has 2 heterocycles. The highest BCUT2D eigenvalue weighted by Crippen LogP contribution is 2.16. The molecule has 1 aromatic carbocycles. The molecule has 5 nitrogen and oxygen atoms in total. The Bertz CT molecular complexity index is 655. The van der Waals surface area contributed by atoms with Gasteiger partial charge in [0, 0.05) is 36.3 Å². The van der Waals surface area contributed by atoms with Crippen molar-refractivity contribution >= 4 is 21.8 Å². The van der Waals surface area contributed by atoms with Gasteiger partial charge in [-0.2, -0.15) is 5.10 Å². The monoisotopic (exact) mass is 348 g/mol. The highest BCUT2D eigenvalue weighted by molar-refractivity contribution is 9.10. The molecular weight excluding hydrogens is 332 g/mol. The van der Waals surface area contributed by atoms with Crippen LogP contribution in [0.2, 0.25) is 0 Å². The van der Waals surface area contributed by atoms with Crippen LogP contribution >= 0.6 is 15.9 Å². The molecular formula is C15H17BrN4O. The molecule has 21 heavy (non-hydrogen) atoms. The van der Waals surface area contributed by atoms with Crippen LogP contribution in [0, 0.1) is 0 Å². The summed E-state index contributed by atoms with van der Waals surface area (Å²) in [6.45, 7) is 4.44. The van der Waals surface area contributed by atoms with Crippen LogP contribution in [-0.4, -0.2) is 46.3 Å². The van der Waals surface area contributed by atoms with Gasteiger partial charge in [-0.15, -0.1) is 0 Å². The van der Waals surface area contributed by atoms with Crippen LogP contribution in [0.5, 0.6) is 0 Å². The normalized spacial score (nSPS) is 18.8. The molecule has 0 aliphatic carbocycles. The maximum Gasteiger partial charge on any atom is 0.274 e. The van der Waals surface area contributed by atoms with Crippen molar-refractivity contribution in [1.29, 1.82) is 0 Å². The van der Waals surface area contributed by atoms with Gasteiger partial charge in [-0.3, -0.25) is 4.79 Å². The smallest absolute Gasteiger partial charge is 0.274 e. The molecule has 6 heteroatoms. The van der Waals surface area contributed by atoms with E-state index >= 15 is 0 Å². The van der Waals surface area contributed by atoms with E-state index in [9.17, 15) is 4.79 Å². The summed E-state index contributed by atoms with van der Waals surface area (Å²) in [5.41, 5.74) is 1.42. The Morgan fingerprint density at radius 1 is 1.43 bits per heavy atom. The zero-order chi connectivity index (χ0) is 14.8. The van der Waals surface area contributed by atoms with E-state index in [0.29, 0.717) is 5.69 Å². The van der Waals surface area contributed by atoms with Gasteiger partial charge in [0.15, 0.2) is 5.69 Å². The average molecular weight is 349 g/mol. The third-order valence-corrected chi connectivity index (χ3v) is 4.14. The maximum absolute atomic E-state index is 12.5. The van der Waals surface area contributed by atoms with Crippen LogP contribution in [0.3, 0.4) is 0 Å². The predicted molar refractivity (Wildman–Crippen MR) is 84.6 cm³/mol. The Labute approximate surface area is 132 Å². The lowest BCUT2D eigenvalue weighted by molar-refractivity contribution is 0.0649. The molecule has 1 aromatic heterocycles. The molecule has 0 bridgehead atoms. The van der Waals surface area contributed by atoms with Crippen LogP contribution in [-0.2, 0) is 0 Å². The minimum atomic E-state index is -0.00209. The molecule has 0 unspecified atom stereocenters. The number of nitrogens with zero attached hydrogens (tertiary/aromatic N) is 3. The lowest BCUT2D eigenvalue weighted by Gasteiger charge is -2.33. The zero-order valence-electron chi connectivity index (χ0n) is 11.8. The van der Waals surface area contributed by atoms with Crippen molar-refractivity contribution < 1.29 is 4.79 Å². The number of hydrogen-bond acceptors (Lipinski definition) is 3. The highest BCUT2D eigenvalue weighted by atomic mass is 79.9. The van der Waals surface area contributed by atoms with Crippen molar-refractivity contribution in [3.8, 4) is 5.69 Å². The second-order valence-corrected chi connectivity index (χ2v) is 6.09. The fraction of sp³-hybridized carbons (Fsp3) is 0.333. The molecule has 0 radical (unpaired) electrons. The molecule has 0 saturated carbocycles. The van der Waals surface area contributed by atoms with Crippen molar-refractivity contribution in [3.05, 3.63) is 46.7 Å². The number of nitrogens with one attached hydrogen (secondary N) is 1. The molecule has 0 spiro atoms. The first kappa shape index (κ1) is 14.3. The zero-order valence-corrected chi connectivity index (χ0v) is 13.4. The Kier molecular flexibility index (Phi) is 4.07.